The van der Waals surface area contributed by atoms with Gasteiger partial charge < -0.3 is 15.4 Å². The highest BCUT2D eigenvalue weighted by Gasteiger charge is 2.23. The SMILES string of the molecule is N#Cc1c(-c2ccc(Cl)cc2)c2c(N3CCOCC3)cc(N)nc2c2ccccc12. The van der Waals surface area contributed by atoms with Gasteiger partial charge in [0.1, 0.15) is 11.9 Å². The van der Waals surface area contributed by atoms with Crippen LogP contribution in [0.15, 0.2) is 54.6 Å². The van der Waals surface area contributed by atoms with Gasteiger partial charge >= 0.3 is 0 Å². The molecular weight excluding hydrogens is 396 g/mol. The Balaban J connectivity index is 1.98. The first-order valence-corrected chi connectivity index (χ1v) is 10.2. The lowest BCUT2D eigenvalue weighted by atomic mass is 9.89. The predicted octanol–water partition coefficient (Wildman–Crippen LogP) is 5.00. The minimum Gasteiger partial charge on any atom is -0.384 e. The minimum atomic E-state index is 0.459. The normalized spacial score (nSPS) is 14.2. The van der Waals surface area contributed by atoms with Gasteiger partial charge in [-0.15, -0.1) is 0 Å². The highest BCUT2D eigenvalue weighted by Crippen LogP contribution is 2.43. The van der Waals surface area contributed by atoms with Crippen LogP contribution in [0.4, 0.5) is 11.5 Å². The van der Waals surface area contributed by atoms with Crippen LogP contribution < -0.4 is 10.6 Å². The van der Waals surface area contributed by atoms with Crippen LogP contribution in [0.2, 0.25) is 5.02 Å². The molecule has 6 heteroatoms. The molecule has 1 fully saturated rings. The van der Waals surface area contributed by atoms with Gasteiger partial charge in [0.15, 0.2) is 0 Å². The summed E-state index contributed by atoms with van der Waals surface area (Å²) < 4.78 is 5.55. The summed E-state index contributed by atoms with van der Waals surface area (Å²) in [7, 11) is 0. The summed E-state index contributed by atoms with van der Waals surface area (Å²) in [5.74, 6) is 0.459. The Hall–Kier alpha value is -3.33. The van der Waals surface area contributed by atoms with Crippen LogP contribution in [-0.4, -0.2) is 31.3 Å². The smallest absolute Gasteiger partial charge is 0.126 e. The maximum atomic E-state index is 10.2. The van der Waals surface area contributed by atoms with E-state index < -0.39 is 0 Å². The minimum absolute atomic E-state index is 0.459. The molecule has 2 N–H and O–H groups in total. The fourth-order valence-corrected chi connectivity index (χ4v) is 4.36. The summed E-state index contributed by atoms with van der Waals surface area (Å²) in [6.45, 7) is 2.82. The van der Waals surface area contributed by atoms with Crippen LogP contribution in [0.5, 0.6) is 0 Å². The monoisotopic (exact) mass is 414 g/mol. The Bertz CT molecular complexity index is 1310. The zero-order valence-electron chi connectivity index (χ0n) is 16.2. The average molecular weight is 415 g/mol. The second-order valence-corrected chi connectivity index (χ2v) is 7.74. The Kier molecular flexibility index (Phi) is 4.66. The van der Waals surface area contributed by atoms with Crippen LogP contribution in [0.1, 0.15) is 5.56 Å². The van der Waals surface area contributed by atoms with Crippen molar-refractivity contribution < 1.29 is 4.74 Å². The van der Waals surface area contributed by atoms with Crippen molar-refractivity contribution >= 4 is 44.8 Å². The molecule has 0 aliphatic carbocycles. The van der Waals surface area contributed by atoms with Gasteiger partial charge in [-0.25, -0.2) is 4.98 Å². The standard InChI is InChI=1S/C24H19ClN4O/c25-16-7-5-15(6-8-16)22-19(14-26)17-3-1-2-4-18(17)24-23(22)20(13-21(27)28-24)29-9-11-30-12-10-29/h1-8,13H,9-12H2,(H2,27,28). The lowest BCUT2D eigenvalue weighted by molar-refractivity contribution is 0.123. The molecule has 30 heavy (non-hydrogen) atoms. The molecule has 2 heterocycles. The van der Waals surface area contributed by atoms with E-state index >= 15 is 0 Å². The van der Waals surface area contributed by atoms with Gasteiger partial charge in [0.25, 0.3) is 0 Å². The number of hydrogen-bond acceptors (Lipinski definition) is 5. The van der Waals surface area contributed by atoms with E-state index in [2.05, 4.69) is 11.0 Å². The van der Waals surface area contributed by atoms with Gasteiger partial charge in [-0.3, -0.25) is 0 Å². The zero-order valence-corrected chi connectivity index (χ0v) is 17.0. The molecule has 0 bridgehead atoms. The van der Waals surface area contributed by atoms with Crippen molar-refractivity contribution in [1.82, 2.24) is 4.98 Å². The molecule has 1 aromatic heterocycles. The summed E-state index contributed by atoms with van der Waals surface area (Å²) in [6.07, 6.45) is 0. The van der Waals surface area contributed by atoms with Crippen molar-refractivity contribution in [3.05, 3.63) is 65.2 Å². The molecule has 0 amide bonds. The topological polar surface area (TPSA) is 75.2 Å². The molecule has 0 atom stereocenters. The van der Waals surface area contributed by atoms with Crippen LogP contribution in [0.3, 0.4) is 0 Å². The molecule has 1 saturated heterocycles. The van der Waals surface area contributed by atoms with E-state index in [1.54, 1.807) is 0 Å². The number of nitrogens with zero attached hydrogens (tertiary/aromatic N) is 3. The van der Waals surface area contributed by atoms with Gasteiger partial charge in [0.2, 0.25) is 0 Å². The largest absolute Gasteiger partial charge is 0.384 e. The number of nitrogen functional groups attached to an aromatic ring is 1. The van der Waals surface area contributed by atoms with Crippen molar-refractivity contribution in [1.29, 1.82) is 5.26 Å². The number of nitriles is 1. The van der Waals surface area contributed by atoms with Crippen molar-refractivity contribution in [2.24, 2.45) is 0 Å². The lowest BCUT2D eigenvalue weighted by Gasteiger charge is -2.31. The number of anilines is 2. The number of fused-ring (bicyclic) bond motifs is 3. The summed E-state index contributed by atoms with van der Waals surface area (Å²) in [6, 6.07) is 19.8. The van der Waals surface area contributed by atoms with Gasteiger partial charge in [0.05, 0.1) is 30.0 Å². The average Bonchev–Trinajstić information content (AvgIpc) is 2.79. The van der Waals surface area contributed by atoms with Crippen LogP contribution >= 0.6 is 11.6 Å². The third kappa shape index (κ3) is 3.02. The number of nitrogens with two attached hydrogens (primary N) is 1. The molecular formula is C24H19ClN4O. The van der Waals surface area contributed by atoms with Crippen LogP contribution in [-0.2, 0) is 4.74 Å². The second kappa shape index (κ2) is 7.49. The predicted molar refractivity (Wildman–Crippen MR) is 122 cm³/mol. The van der Waals surface area contributed by atoms with Crippen molar-refractivity contribution in [3.8, 4) is 17.2 Å². The Morgan fingerprint density at radius 2 is 1.73 bits per heavy atom. The zero-order chi connectivity index (χ0) is 20.7. The van der Waals surface area contributed by atoms with Gasteiger partial charge in [-0.1, -0.05) is 48.0 Å². The van der Waals surface area contributed by atoms with Gasteiger partial charge in [-0.05, 0) is 17.7 Å². The van der Waals surface area contributed by atoms with Crippen molar-refractivity contribution in [2.45, 2.75) is 0 Å². The quantitative estimate of drug-likeness (QED) is 0.467. The van der Waals surface area contributed by atoms with E-state index in [1.807, 2.05) is 54.6 Å². The number of morpholine rings is 1. The second-order valence-electron chi connectivity index (χ2n) is 7.30. The highest BCUT2D eigenvalue weighted by atomic mass is 35.5. The number of hydrogen-bond donors (Lipinski definition) is 1. The van der Waals surface area contributed by atoms with Crippen LogP contribution in [0, 0.1) is 11.3 Å². The highest BCUT2D eigenvalue weighted by molar-refractivity contribution is 6.30. The maximum Gasteiger partial charge on any atom is 0.126 e. The first kappa shape index (κ1) is 18.7. The first-order valence-electron chi connectivity index (χ1n) is 9.81. The number of ether oxygens (including phenoxy) is 1. The van der Waals surface area contributed by atoms with E-state index in [9.17, 15) is 5.26 Å². The molecule has 3 aromatic carbocycles. The molecule has 1 aliphatic heterocycles. The summed E-state index contributed by atoms with van der Waals surface area (Å²) in [5, 5.41) is 13.6. The molecule has 0 spiro atoms. The first-order chi connectivity index (χ1) is 14.7. The number of rotatable bonds is 2. The van der Waals surface area contributed by atoms with E-state index in [4.69, 9.17) is 27.1 Å². The molecule has 0 unspecified atom stereocenters. The van der Waals surface area contributed by atoms with E-state index in [-0.39, 0.29) is 0 Å². The Morgan fingerprint density at radius 1 is 1.03 bits per heavy atom. The summed E-state index contributed by atoms with van der Waals surface area (Å²) >= 11 is 6.14. The third-order valence-corrected chi connectivity index (χ3v) is 5.82. The molecule has 148 valence electrons. The van der Waals surface area contributed by atoms with Crippen molar-refractivity contribution in [2.75, 3.05) is 36.9 Å². The molecule has 4 aromatic rings. The molecule has 0 saturated carbocycles. The molecule has 5 rings (SSSR count). The fraction of sp³-hybridized carbons (Fsp3) is 0.167. The summed E-state index contributed by atoms with van der Waals surface area (Å²) in [5.41, 5.74) is 10.4. The van der Waals surface area contributed by atoms with Gasteiger partial charge in [0, 0.05) is 45.9 Å². The van der Waals surface area contributed by atoms with Gasteiger partial charge in [-0.2, -0.15) is 5.26 Å². The number of halogens is 1. The lowest BCUT2D eigenvalue weighted by Crippen LogP contribution is -2.36. The van der Waals surface area contributed by atoms with E-state index in [1.165, 1.54) is 0 Å². The molecule has 1 aliphatic rings. The van der Waals surface area contributed by atoms with E-state index in [0.29, 0.717) is 29.6 Å². The maximum absolute atomic E-state index is 10.2. The van der Waals surface area contributed by atoms with Crippen LogP contribution in [0.25, 0.3) is 32.8 Å². The third-order valence-electron chi connectivity index (χ3n) is 5.57. The van der Waals surface area contributed by atoms with Crippen molar-refractivity contribution in [3.63, 3.8) is 0 Å². The van der Waals surface area contributed by atoms with E-state index in [0.717, 1.165) is 51.6 Å². The summed E-state index contributed by atoms with van der Waals surface area (Å²) in [4.78, 5) is 6.99. The number of aromatic nitrogens is 1. The molecule has 5 nitrogen and oxygen atoms in total. The number of benzene rings is 3. The fourth-order valence-electron chi connectivity index (χ4n) is 4.23. The Morgan fingerprint density at radius 3 is 2.43 bits per heavy atom. The molecule has 0 radical (unpaired) electrons. The number of pyridine rings is 1. The Labute approximate surface area is 179 Å².